The van der Waals surface area contributed by atoms with Crippen LogP contribution in [-0.2, 0) is 6.54 Å². The maximum atomic E-state index is 12.1. The van der Waals surface area contributed by atoms with Crippen molar-refractivity contribution in [2.45, 2.75) is 12.7 Å². The molecule has 0 heterocycles. The van der Waals surface area contributed by atoms with E-state index in [0.717, 1.165) is 11.6 Å². The number of nitro benzene ring substituents is 1. The van der Waals surface area contributed by atoms with E-state index in [9.17, 15) is 23.3 Å². The molecule has 0 aliphatic carbocycles. The first-order chi connectivity index (χ1) is 11.8. The first kappa shape index (κ1) is 18.1. The van der Waals surface area contributed by atoms with E-state index in [1.165, 1.54) is 24.3 Å². The molecule has 0 saturated carbocycles. The minimum Gasteiger partial charge on any atom is -0.484 e. The van der Waals surface area contributed by atoms with E-state index in [1.54, 1.807) is 12.1 Å². The predicted molar refractivity (Wildman–Crippen MR) is 83.1 cm³/mol. The molecule has 0 bridgehead atoms. The van der Waals surface area contributed by atoms with Gasteiger partial charge in [-0.25, -0.2) is 0 Å². The van der Waals surface area contributed by atoms with Gasteiger partial charge in [0.15, 0.2) is 6.61 Å². The number of nitriles is 1. The van der Waals surface area contributed by atoms with Crippen molar-refractivity contribution >= 4 is 11.4 Å². The molecule has 130 valence electrons. The van der Waals surface area contributed by atoms with Crippen molar-refractivity contribution in [3.05, 3.63) is 63.7 Å². The summed E-state index contributed by atoms with van der Waals surface area (Å²) in [6.07, 6.45) is -4.40. The maximum absolute atomic E-state index is 12.1. The van der Waals surface area contributed by atoms with Gasteiger partial charge in [0.1, 0.15) is 11.8 Å². The van der Waals surface area contributed by atoms with Crippen molar-refractivity contribution in [3.8, 4) is 11.8 Å². The molecule has 2 aromatic carbocycles. The molecule has 1 N–H and O–H groups in total. The van der Waals surface area contributed by atoms with E-state index < -0.39 is 17.7 Å². The third kappa shape index (κ3) is 5.39. The molecule has 6 nitrogen and oxygen atoms in total. The van der Waals surface area contributed by atoms with Crippen molar-refractivity contribution in [3.63, 3.8) is 0 Å². The van der Waals surface area contributed by atoms with E-state index in [2.05, 4.69) is 10.1 Å². The second-order valence-corrected chi connectivity index (χ2v) is 5.00. The summed E-state index contributed by atoms with van der Waals surface area (Å²) < 4.78 is 40.8. The van der Waals surface area contributed by atoms with Crippen molar-refractivity contribution in [2.24, 2.45) is 0 Å². The van der Waals surface area contributed by atoms with Crippen LogP contribution < -0.4 is 10.1 Å². The lowest BCUT2D eigenvalue weighted by Crippen LogP contribution is -2.19. The Bertz CT molecular complexity index is 799. The number of rotatable bonds is 6. The number of anilines is 1. The van der Waals surface area contributed by atoms with Crippen LogP contribution in [0.4, 0.5) is 24.5 Å². The molecule has 0 aliphatic rings. The molecule has 0 amide bonds. The molecular weight excluding hydrogens is 339 g/mol. The van der Waals surface area contributed by atoms with Crippen molar-refractivity contribution < 1.29 is 22.8 Å². The fourth-order valence-corrected chi connectivity index (χ4v) is 1.96. The molecule has 0 unspecified atom stereocenters. The Morgan fingerprint density at radius 2 is 1.88 bits per heavy atom. The Balaban J connectivity index is 2.00. The smallest absolute Gasteiger partial charge is 0.422 e. The monoisotopic (exact) mass is 351 g/mol. The zero-order valence-electron chi connectivity index (χ0n) is 12.7. The van der Waals surface area contributed by atoms with Gasteiger partial charge in [0.05, 0.1) is 16.2 Å². The molecule has 2 rings (SSSR count). The average molecular weight is 351 g/mol. The average Bonchev–Trinajstić information content (AvgIpc) is 2.58. The van der Waals surface area contributed by atoms with Gasteiger partial charge >= 0.3 is 6.18 Å². The van der Waals surface area contributed by atoms with Crippen LogP contribution in [0.5, 0.6) is 5.75 Å². The molecule has 9 heteroatoms. The first-order valence-electron chi connectivity index (χ1n) is 6.99. The number of alkyl halides is 3. The van der Waals surface area contributed by atoms with E-state index in [1.807, 2.05) is 6.07 Å². The third-order valence-corrected chi connectivity index (χ3v) is 3.14. The Labute approximate surface area is 140 Å². The number of ether oxygens (including phenoxy) is 1. The highest BCUT2D eigenvalue weighted by atomic mass is 19.4. The van der Waals surface area contributed by atoms with Gasteiger partial charge in [0.25, 0.3) is 5.69 Å². The van der Waals surface area contributed by atoms with Crippen molar-refractivity contribution in [2.75, 3.05) is 11.9 Å². The summed E-state index contributed by atoms with van der Waals surface area (Å²) in [6, 6.07) is 11.7. The fraction of sp³-hybridized carbons (Fsp3) is 0.188. The fourth-order valence-electron chi connectivity index (χ4n) is 1.96. The maximum Gasteiger partial charge on any atom is 0.422 e. The Kier molecular flexibility index (Phi) is 5.44. The summed E-state index contributed by atoms with van der Waals surface area (Å²) in [5.74, 6) is 0.0918. The molecule has 25 heavy (non-hydrogen) atoms. The van der Waals surface area contributed by atoms with Gasteiger partial charge < -0.3 is 10.1 Å². The highest BCUT2D eigenvalue weighted by molar-refractivity contribution is 5.61. The normalized spacial score (nSPS) is 10.8. The summed E-state index contributed by atoms with van der Waals surface area (Å²) in [7, 11) is 0. The van der Waals surface area contributed by atoms with Crippen LogP contribution in [0.15, 0.2) is 42.5 Å². The van der Waals surface area contributed by atoms with Gasteiger partial charge in [0, 0.05) is 18.7 Å². The van der Waals surface area contributed by atoms with Crippen LogP contribution in [0.25, 0.3) is 0 Å². The number of nitro groups is 1. The predicted octanol–water partition coefficient (Wildman–Crippen LogP) is 4.02. The zero-order chi connectivity index (χ0) is 18.4. The first-order valence-corrected chi connectivity index (χ1v) is 6.99. The highest BCUT2D eigenvalue weighted by Gasteiger charge is 2.28. The van der Waals surface area contributed by atoms with E-state index in [4.69, 9.17) is 5.26 Å². The van der Waals surface area contributed by atoms with Crippen LogP contribution in [-0.4, -0.2) is 17.7 Å². The Morgan fingerprint density at radius 3 is 2.44 bits per heavy atom. The minimum absolute atomic E-state index is 0.0918. The van der Waals surface area contributed by atoms with Gasteiger partial charge in [-0.1, -0.05) is 12.1 Å². The quantitative estimate of drug-likeness (QED) is 0.627. The van der Waals surface area contributed by atoms with Gasteiger partial charge in [-0.15, -0.1) is 0 Å². The lowest BCUT2D eigenvalue weighted by atomic mass is 10.1. The van der Waals surface area contributed by atoms with Crippen molar-refractivity contribution in [1.29, 1.82) is 5.26 Å². The Hall–Kier alpha value is -3.28. The summed E-state index contributed by atoms with van der Waals surface area (Å²) >= 11 is 0. The van der Waals surface area contributed by atoms with Crippen LogP contribution in [0.2, 0.25) is 0 Å². The van der Waals surface area contributed by atoms with E-state index in [-0.39, 0.29) is 23.5 Å². The third-order valence-electron chi connectivity index (χ3n) is 3.14. The molecule has 0 spiro atoms. The number of hydrogen-bond acceptors (Lipinski definition) is 5. The lowest BCUT2D eigenvalue weighted by molar-refractivity contribution is -0.384. The van der Waals surface area contributed by atoms with Crippen molar-refractivity contribution in [1.82, 2.24) is 0 Å². The molecule has 0 saturated heterocycles. The lowest BCUT2D eigenvalue weighted by Gasteiger charge is -2.11. The topological polar surface area (TPSA) is 88.2 Å². The minimum atomic E-state index is -4.40. The largest absolute Gasteiger partial charge is 0.484 e. The molecule has 0 aromatic heterocycles. The van der Waals surface area contributed by atoms with Gasteiger partial charge in [0.2, 0.25) is 0 Å². The molecule has 0 radical (unpaired) electrons. The summed E-state index contributed by atoms with van der Waals surface area (Å²) in [4.78, 5) is 10.1. The van der Waals surface area contributed by atoms with Crippen LogP contribution in [0.3, 0.4) is 0 Å². The van der Waals surface area contributed by atoms with E-state index >= 15 is 0 Å². The van der Waals surface area contributed by atoms with Crippen LogP contribution >= 0.6 is 0 Å². The standard InChI is InChI=1S/C16H12F3N3O3/c17-16(18,19)10-25-14-4-1-11(2-5-14)9-21-15-6-3-13(22(23)24)7-12(15)8-20/h1-7,21H,9-10H2. The highest BCUT2D eigenvalue weighted by Crippen LogP contribution is 2.23. The summed E-state index contributed by atoms with van der Waals surface area (Å²) in [6.45, 7) is -1.08. The van der Waals surface area contributed by atoms with Crippen LogP contribution in [0.1, 0.15) is 11.1 Å². The number of nitrogens with zero attached hydrogens (tertiary/aromatic N) is 2. The molecule has 0 atom stereocenters. The SMILES string of the molecule is N#Cc1cc([N+](=O)[O-])ccc1NCc1ccc(OCC(F)(F)F)cc1. The second-order valence-electron chi connectivity index (χ2n) is 5.00. The molecule has 0 fully saturated rings. The molecule has 0 aliphatic heterocycles. The number of hydrogen-bond donors (Lipinski definition) is 1. The van der Waals surface area contributed by atoms with Gasteiger partial charge in [-0.2, -0.15) is 18.4 Å². The second kappa shape index (κ2) is 7.53. The van der Waals surface area contributed by atoms with Crippen LogP contribution in [0, 0.1) is 21.4 Å². The molecular formula is C16H12F3N3O3. The van der Waals surface area contributed by atoms with Gasteiger partial charge in [-0.05, 0) is 23.8 Å². The number of nitrogens with one attached hydrogen (secondary N) is 1. The number of halogens is 3. The summed E-state index contributed by atoms with van der Waals surface area (Å²) in [5.41, 5.74) is 1.10. The Morgan fingerprint density at radius 1 is 1.20 bits per heavy atom. The van der Waals surface area contributed by atoms with Gasteiger partial charge in [-0.3, -0.25) is 10.1 Å². The number of benzene rings is 2. The zero-order valence-corrected chi connectivity index (χ0v) is 12.7. The summed E-state index contributed by atoms with van der Waals surface area (Å²) in [5, 5.41) is 22.7. The van der Waals surface area contributed by atoms with E-state index in [0.29, 0.717) is 5.69 Å². The molecule has 2 aromatic rings. The number of non-ortho nitro benzene ring substituents is 1.